The molecule has 2 aromatic heterocycles. The summed E-state index contributed by atoms with van der Waals surface area (Å²) in [5, 5.41) is 17.3. The third kappa shape index (κ3) is 3.43. The van der Waals surface area contributed by atoms with Crippen molar-refractivity contribution in [3.05, 3.63) is 48.0 Å². The maximum absolute atomic E-state index is 11.0. The number of allylic oxidation sites excluding steroid dienone is 4. The largest absolute Gasteiger partial charge is 0.478 e. The molecule has 1 aliphatic carbocycles. The highest BCUT2D eigenvalue weighted by Gasteiger charge is 2.22. The lowest BCUT2D eigenvalue weighted by atomic mass is 10.0. The van der Waals surface area contributed by atoms with E-state index in [0.717, 1.165) is 6.42 Å². The SMILES string of the molecule is Nc1ncc(N2CC=C(C(=O)O)CC2)nc1-c1nnc(C2C=CC=CC2)o1. The molecular weight excluding hydrogens is 348 g/mol. The van der Waals surface area contributed by atoms with Crippen LogP contribution in [0, 0.1) is 0 Å². The molecule has 0 aromatic carbocycles. The first-order chi connectivity index (χ1) is 13.1. The van der Waals surface area contributed by atoms with Gasteiger partial charge in [0.15, 0.2) is 11.5 Å². The summed E-state index contributed by atoms with van der Waals surface area (Å²) in [6.45, 7) is 0.971. The molecule has 0 amide bonds. The summed E-state index contributed by atoms with van der Waals surface area (Å²) in [5.41, 5.74) is 6.70. The standard InChI is InChI=1S/C18H18N6O3/c19-15-14(17-23-22-16(27-17)11-4-2-1-3-5-11)21-13(10-20-15)24-8-6-12(7-9-24)18(25)26/h1-4,6,10-11H,5,7-9H2,(H2,19,20)(H,25,26). The Morgan fingerprint density at radius 2 is 2.22 bits per heavy atom. The predicted octanol–water partition coefficient (Wildman–Crippen LogP) is 1.93. The number of rotatable bonds is 4. The number of nitrogens with zero attached hydrogens (tertiary/aromatic N) is 5. The van der Waals surface area contributed by atoms with Crippen LogP contribution in [0.25, 0.3) is 11.6 Å². The van der Waals surface area contributed by atoms with Gasteiger partial charge in [-0.25, -0.2) is 14.8 Å². The number of aromatic nitrogens is 4. The molecule has 0 bridgehead atoms. The molecule has 3 N–H and O–H groups in total. The maximum atomic E-state index is 11.0. The van der Waals surface area contributed by atoms with E-state index in [-0.39, 0.29) is 17.6 Å². The minimum absolute atomic E-state index is 0.0373. The second kappa shape index (κ2) is 7.02. The number of anilines is 2. The average Bonchev–Trinajstić information content (AvgIpc) is 3.19. The van der Waals surface area contributed by atoms with Gasteiger partial charge in [0.1, 0.15) is 5.82 Å². The smallest absolute Gasteiger partial charge is 0.331 e. The quantitative estimate of drug-likeness (QED) is 0.833. The predicted molar refractivity (Wildman–Crippen MR) is 97.9 cm³/mol. The second-order valence-electron chi connectivity index (χ2n) is 6.29. The van der Waals surface area contributed by atoms with E-state index in [2.05, 4.69) is 20.2 Å². The first kappa shape index (κ1) is 17.0. The molecule has 0 fully saturated rings. The van der Waals surface area contributed by atoms with E-state index >= 15 is 0 Å². The summed E-state index contributed by atoms with van der Waals surface area (Å²) >= 11 is 0. The Morgan fingerprint density at radius 1 is 1.33 bits per heavy atom. The van der Waals surface area contributed by atoms with Crippen LogP contribution in [-0.4, -0.2) is 44.3 Å². The lowest BCUT2D eigenvalue weighted by molar-refractivity contribution is -0.132. The van der Waals surface area contributed by atoms with Gasteiger partial charge >= 0.3 is 5.97 Å². The molecule has 2 aliphatic rings. The fourth-order valence-electron chi connectivity index (χ4n) is 3.01. The van der Waals surface area contributed by atoms with Gasteiger partial charge in [0.25, 0.3) is 5.89 Å². The zero-order chi connectivity index (χ0) is 18.8. The van der Waals surface area contributed by atoms with E-state index < -0.39 is 5.97 Å². The molecule has 27 heavy (non-hydrogen) atoms. The van der Waals surface area contributed by atoms with E-state index in [4.69, 9.17) is 15.3 Å². The summed E-state index contributed by atoms with van der Waals surface area (Å²) in [6.07, 6.45) is 12.4. The van der Waals surface area contributed by atoms with Crippen LogP contribution in [0.4, 0.5) is 11.6 Å². The van der Waals surface area contributed by atoms with Gasteiger partial charge in [-0.2, -0.15) is 0 Å². The van der Waals surface area contributed by atoms with Gasteiger partial charge in [-0.1, -0.05) is 30.4 Å². The topological polar surface area (TPSA) is 131 Å². The first-order valence-corrected chi connectivity index (χ1v) is 8.58. The molecule has 0 saturated heterocycles. The molecule has 9 heteroatoms. The normalized spacial score (nSPS) is 19.2. The minimum atomic E-state index is -0.885. The summed E-state index contributed by atoms with van der Waals surface area (Å²) in [7, 11) is 0. The van der Waals surface area contributed by atoms with Gasteiger partial charge < -0.3 is 20.2 Å². The molecule has 0 radical (unpaired) electrons. The maximum Gasteiger partial charge on any atom is 0.331 e. The number of nitrogen functional groups attached to an aromatic ring is 1. The highest BCUT2D eigenvalue weighted by atomic mass is 16.4. The van der Waals surface area contributed by atoms with Crippen molar-refractivity contribution in [2.75, 3.05) is 23.7 Å². The number of hydrogen-bond acceptors (Lipinski definition) is 8. The zero-order valence-electron chi connectivity index (χ0n) is 14.4. The number of carboxylic acids is 1. The van der Waals surface area contributed by atoms with Crippen molar-refractivity contribution in [2.45, 2.75) is 18.8 Å². The third-order valence-electron chi connectivity index (χ3n) is 4.54. The zero-order valence-corrected chi connectivity index (χ0v) is 14.4. The number of carboxylic acid groups (broad SMARTS) is 1. The van der Waals surface area contributed by atoms with Crippen molar-refractivity contribution < 1.29 is 14.3 Å². The first-order valence-electron chi connectivity index (χ1n) is 8.58. The van der Waals surface area contributed by atoms with Crippen LogP contribution in [-0.2, 0) is 4.79 Å². The van der Waals surface area contributed by atoms with E-state index in [1.807, 2.05) is 29.2 Å². The van der Waals surface area contributed by atoms with E-state index in [1.54, 1.807) is 12.3 Å². The fraction of sp³-hybridized carbons (Fsp3) is 0.278. The second-order valence-corrected chi connectivity index (χ2v) is 6.29. The van der Waals surface area contributed by atoms with E-state index in [0.29, 0.717) is 42.5 Å². The Bertz CT molecular complexity index is 962. The van der Waals surface area contributed by atoms with Crippen molar-refractivity contribution in [3.8, 4) is 11.6 Å². The summed E-state index contributed by atoms with van der Waals surface area (Å²) in [5.74, 6) is 0.661. The molecule has 2 aromatic rings. The van der Waals surface area contributed by atoms with E-state index in [1.165, 1.54) is 0 Å². The molecular formula is C18H18N6O3. The lowest BCUT2D eigenvalue weighted by Crippen LogP contribution is -2.31. The van der Waals surface area contributed by atoms with Crippen molar-refractivity contribution in [2.24, 2.45) is 0 Å². The molecule has 1 aliphatic heterocycles. The molecule has 138 valence electrons. The van der Waals surface area contributed by atoms with Crippen LogP contribution in [0.2, 0.25) is 0 Å². The molecule has 1 atom stereocenters. The number of hydrogen-bond donors (Lipinski definition) is 2. The van der Waals surface area contributed by atoms with Crippen LogP contribution in [0.1, 0.15) is 24.7 Å². The van der Waals surface area contributed by atoms with E-state index in [9.17, 15) is 4.79 Å². The third-order valence-corrected chi connectivity index (χ3v) is 4.54. The Morgan fingerprint density at radius 3 is 2.93 bits per heavy atom. The highest BCUT2D eigenvalue weighted by molar-refractivity contribution is 5.87. The molecule has 4 rings (SSSR count). The Labute approximate surface area is 154 Å². The van der Waals surface area contributed by atoms with Crippen LogP contribution in [0.3, 0.4) is 0 Å². The minimum Gasteiger partial charge on any atom is -0.478 e. The summed E-state index contributed by atoms with van der Waals surface area (Å²) in [6, 6.07) is 0. The van der Waals surface area contributed by atoms with Crippen LogP contribution >= 0.6 is 0 Å². The number of aliphatic carboxylic acids is 1. The van der Waals surface area contributed by atoms with Crippen molar-refractivity contribution in [1.29, 1.82) is 0 Å². The van der Waals surface area contributed by atoms with Crippen molar-refractivity contribution in [3.63, 3.8) is 0 Å². The van der Waals surface area contributed by atoms with Crippen molar-refractivity contribution >= 4 is 17.6 Å². The Kier molecular flexibility index (Phi) is 4.41. The number of carbonyl (C=O) groups is 1. The average molecular weight is 366 g/mol. The van der Waals surface area contributed by atoms with Gasteiger partial charge in [0.2, 0.25) is 5.89 Å². The van der Waals surface area contributed by atoms with Crippen molar-refractivity contribution in [1.82, 2.24) is 20.2 Å². The van der Waals surface area contributed by atoms with Crippen LogP contribution < -0.4 is 10.6 Å². The fourth-order valence-corrected chi connectivity index (χ4v) is 3.01. The lowest BCUT2D eigenvalue weighted by Gasteiger charge is -2.26. The van der Waals surface area contributed by atoms with Crippen LogP contribution in [0.5, 0.6) is 0 Å². The molecule has 0 saturated carbocycles. The van der Waals surface area contributed by atoms with Gasteiger partial charge in [-0.15, -0.1) is 10.2 Å². The van der Waals surface area contributed by atoms with Gasteiger partial charge in [0, 0.05) is 18.7 Å². The molecule has 0 spiro atoms. The highest BCUT2D eigenvalue weighted by Crippen LogP contribution is 2.29. The summed E-state index contributed by atoms with van der Waals surface area (Å²) < 4.78 is 5.78. The van der Waals surface area contributed by atoms with Gasteiger partial charge in [-0.05, 0) is 12.8 Å². The van der Waals surface area contributed by atoms with Gasteiger partial charge in [-0.3, -0.25) is 0 Å². The molecule has 1 unspecified atom stereocenters. The van der Waals surface area contributed by atoms with Gasteiger partial charge in [0.05, 0.1) is 12.1 Å². The molecule has 9 nitrogen and oxygen atoms in total. The monoisotopic (exact) mass is 366 g/mol. The molecule has 3 heterocycles. The van der Waals surface area contributed by atoms with Crippen LogP contribution in [0.15, 0.2) is 46.6 Å². The Hall–Kier alpha value is -3.49. The number of nitrogens with two attached hydrogens (primary N) is 1. The summed E-state index contributed by atoms with van der Waals surface area (Å²) in [4.78, 5) is 21.7. The Balaban J connectivity index is 1.58.